The van der Waals surface area contributed by atoms with Crippen LogP contribution >= 0.6 is 23.2 Å². The van der Waals surface area contributed by atoms with Crippen LogP contribution in [0.5, 0.6) is 0 Å². The lowest BCUT2D eigenvalue weighted by molar-refractivity contribution is 0.240. The Morgan fingerprint density at radius 2 is 1.77 bits per heavy atom. The maximum absolute atomic E-state index is 12.4. The van der Waals surface area contributed by atoms with Crippen LogP contribution in [0.15, 0.2) is 23.0 Å². The smallest absolute Gasteiger partial charge is 0.286 e. The van der Waals surface area contributed by atoms with E-state index < -0.39 is 0 Å². The summed E-state index contributed by atoms with van der Waals surface area (Å²) in [4.78, 5) is 17.1. The van der Waals surface area contributed by atoms with Gasteiger partial charge in [-0.05, 0) is 38.5 Å². The van der Waals surface area contributed by atoms with Crippen LogP contribution in [0, 0.1) is 6.92 Å². The Morgan fingerprint density at radius 3 is 2.35 bits per heavy atom. The van der Waals surface area contributed by atoms with E-state index in [-0.39, 0.29) is 11.6 Å². The van der Waals surface area contributed by atoms with E-state index in [1.165, 1.54) is 11.3 Å². The van der Waals surface area contributed by atoms with E-state index in [0.717, 1.165) is 36.9 Å². The summed E-state index contributed by atoms with van der Waals surface area (Å²) >= 11 is 12.5. The van der Waals surface area contributed by atoms with Crippen molar-refractivity contribution in [2.75, 3.05) is 31.1 Å². The summed E-state index contributed by atoms with van der Waals surface area (Å²) in [6.07, 6.45) is 0. The van der Waals surface area contributed by atoms with Crippen LogP contribution in [0.3, 0.4) is 0 Å². The van der Waals surface area contributed by atoms with Gasteiger partial charge >= 0.3 is 0 Å². The molecule has 0 N–H and O–H groups in total. The van der Waals surface area contributed by atoms with Crippen molar-refractivity contribution in [2.24, 2.45) is 7.05 Å². The number of hydrogen-bond acceptors (Lipinski definition) is 3. The van der Waals surface area contributed by atoms with Crippen LogP contribution in [0.1, 0.15) is 31.1 Å². The molecule has 0 aliphatic carbocycles. The number of benzene rings is 1. The maximum Gasteiger partial charge on any atom is 0.286 e. The first-order chi connectivity index (χ1) is 12.3. The first kappa shape index (κ1) is 19.3. The third-order valence-corrected chi connectivity index (χ3v) is 5.72. The van der Waals surface area contributed by atoms with Gasteiger partial charge in [0, 0.05) is 56.5 Å². The maximum atomic E-state index is 12.4. The fraction of sp³-hybridized carbons (Fsp3) is 0.526. The van der Waals surface area contributed by atoms with Crippen molar-refractivity contribution >= 4 is 28.9 Å². The Morgan fingerprint density at radius 1 is 1.12 bits per heavy atom. The van der Waals surface area contributed by atoms with Crippen molar-refractivity contribution < 1.29 is 0 Å². The van der Waals surface area contributed by atoms with Crippen molar-refractivity contribution in [1.29, 1.82) is 0 Å². The summed E-state index contributed by atoms with van der Waals surface area (Å²) in [5.41, 5.74) is 3.22. The number of hydrogen-bond donors (Lipinski definition) is 0. The van der Waals surface area contributed by atoms with Gasteiger partial charge in [-0.2, -0.15) is 0 Å². The minimum atomic E-state index is -0.104. The van der Waals surface area contributed by atoms with Crippen LogP contribution in [0.4, 0.5) is 5.69 Å². The second-order valence-electron chi connectivity index (χ2n) is 7.22. The molecule has 1 fully saturated rings. The average Bonchev–Trinajstić information content (AvgIpc) is 2.81. The molecule has 1 saturated heterocycles. The molecule has 26 heavy (non-hydrogen) atoms. The molecule has 0 unspecified atom stereocenters. The molecule has 142 valence electrons. The number of anilines is 1. The number of aryl methyl sites for hydroxylation is 1. The Labute approximate surface area is 164 Å². The zero-order valence-corrected chi connectivity index (χ0v) is 17.3. The molecule has 0 radical (unpaired) electrons. The minimum Gasteiger partial charge on any atom is -0.369 e. The zero-order valence-electron chi connectivity index (χ0n) is 15.8. The van der Waals surface area contributed by atoms with Gasteiger partial charge in [-0.15, -0.1) is 0 Å². The van der Waals surface area contributed by atoms with Crippen molar-refractivity contribution in [3.8, 4) is 0 Å². The summed E-state index contributed by atoms with van der Waals surface area (Å²) in [6, 6.07) is 6.12. The zero-order chi connectivity index (χ0) is 19.0. The summed E-state index contributed by atoms with van der Waals surface area (Å²) < 4.78 is 3.62. The lowest BCUT2D eigenvalue weighted by atomic mass is 10.1. The Kier molecular flexibility index (Phi) is 5.70. The average molecular weight is 397 g/mol. The third kappa shape index (κ3) is 3.66. The highest BCUT2D eigenvalue weighted by atomic mass is 35.5. The van der Waals surface area contributed by atoms with Gasteiger partial charge in [-0.25, -0.2) is 4.68 Å². The van der Waals surface area contributed by atoms with Gasteiger partial charge in [-0.1, -0.05) is 29.3 Å². The van der Waals surface area contributed by atoms with E-state index in [9.17, 15) is 4.79 Å². The van der Waals surface area contributed by atoms with Gasteiger partial charge < -0.3 is 4.90 Å². The molecule has 7 heteroatoms. The van der Waals surface area contributed by atoms with Crippen LogP contribution in [-0.4, -0.2) is 40.4 Å². The SMILES string of the molecule is Cc1ccc(Cl)cc1N1CCN(Cc2c(Cl)c(=O)n(C(C)C)n2C)CC1. The molecule has 0 saturated carbocycles. The molecule has 0 bridgehead atoms. The van der Waals surface area contributed by atoms with Crippen LogP contribution in [-0.2, 0) is 13.6 Å². The third-order valence-electron chi connectivity index (χ3n) is 5.11. The molecule has 0 spiro atoms. The highest BCUT2D eigenvalue weighted by molar-refractivity contribution is 6.31. The number of rotatable bonds is 4. The second kappa shape index (κ2) is 7.67. The molecule has 2 aromatic rings. The number of piperazine rings is 1. The van der Waals surface area contributed by atoms with E-state index in [0.29, 0.717) is 11.6 Å². The number of nitrogens with zero attached hydrogens (tertiary/aromatic N) is 4. The molecule has 1 aliphatic rings. The van der Waals surface area contributed by atoms with E-state index in [1.54, 1.807) is 4.68 Å². The van der Waals surface area contributed by atoms with Gasteiger partial charge in [-0.3, -0.25) is 14.4 Å². The van der Waals surface area contributed by atoms with E-state index in [4.69, 9.17) is 23.2 Å². The van der Waals surface area contributed by atoms with Crippen molar-refractivity contribution in [1.82, 2.24) is 14.3 Å². The Bertz CT molecular complexity index is 848. The Hall–Kier alpha value is -1.43. The minimum absolute atomic E-state index is 0.0846. The topological polar surface area (TPSA) is 33.4 Å². The monoisotopic (exact) mass is 396 g/mol. The van der Waals surface area contributed by atoms with Gasteiger partial charge in [0.25, 0.3) is 5.56 Å². The first-order valence-electron chi connectivity index (χ1n) is 8.99. The second-order valence-corrected chi connectivity index (χ2v) is 8.04. The fourth-order valence-corrected chi connectivity index (χ4v) is 4.10. The lowest BCUT2D eigenvalue weighted by Crippen LogP contribution is -2.46. The van der Waals surface area contributed by atoms with Gasteiger partial charge in [0.2, 0.25) is 0 Å². The standard InChI is InChI=1S/C19H26Cl2N4O/c1-13(2)25-19(26)18(21)17(22(25)4)12-23-7-9-24(10-8-23)16-11-15(20)6-5-14(16)3/h5-6,11,13H,7-10,12H2,1-4H3. The summed E-state index contributed by atoms with van der Waals surface area (Å²) in [5, 5.41) is 1.11. The number of halogens is 2. The van der Waals surface area contributed by atoms with Crippen molar-refractivity contribution in [3.63, 3.8) is 0 Å². The lowest BCUT2D eigenvalue weighted by Gasteiger charge is -2.37. The highest BCUT2D eigenvalue weighted by Gasteiger charge is 2.23. The summed E-state index contributed by atoms with van der Waals surface area (Å²) in [6.45, 7) is 10.5. The van der Waals surface area contributed by atoms with Crippen molar-refractivity contribution in [2.45, 2.75) is 33.4 Å². The molecule has 1 aliphatic heterocycles. The van der Waals surface area contributed by atoms with Gasteiger partial charge in [0.05, 0.1) is 5.69 Å². The molecule has 0 atom stereocenters. The van der Waals surface area contributed by atoms with Gasteiger partial charge in [0.1, 0.15) is 5.02 Å². The predicted octanol–water partition coefficient (Wildman–Crippen LogP) is 3.71. The van der Waals surface area contributed by atoms with Crippen LogP contribution in [0.25, 0.3) is 0 Å². The highest BCUT2D eigenvalue weighted by Crippen LogP contribution is 2.26. The molecule has 2 heterocycles. The van der Waals surface area contributed by atoms with E-state index in [1.807, 2.05) is 37.7 Å². The number of aromatic nitrogens is 2. The molecular weight excluding hydrogens is 371 g/mol. The van der Waals surface area contributed by atoms with Crippen molar-refractivity contribution in [3.05, 3.63) is 49.9 Å². The van der Waals surface area contributed by atoms with Gasteiger partial charge in [0.15, 0.2) is 0 Å². The normalized spacial score (nSPS) is 15.9. The van der Waals surface area contributed by atoms with Crippen LogP contribution < -0.4 is 10.5 Å². The molecule has 0 amide bonds. The van der Waals surface area contributed by atoms with E-state index >= 15 is 0 Å². The molecule has 5 nitrogen and oxygen atoms in total. The van der Waals surface area contributed by atoms with Crippen LogP contribution in [0.2, 0.25) is 10.0 Å². The molecule has 3 rings (SSSR count). The molecule has 1 aromatic carbocycles. The molecule has 1 aromatic heterocycles. The summed E-state index contributed by atoms with van der Waals surface area (Å²) in [5.74, 6) is 0. The predicted molar refractivity (Wildman–Crippen MR) is 109 cm³/mol. The quantitative estimate of drug-likeness (QED) is 0.789. The largest absolute Gasteiger partial charge is 0.369 e. The van der Waals surface area contributed by atoms with E-state index in [2.05, 4.69) is 22.8 Å². The fourth-order valence-electron chi connectivity index (χ4n) is 3.67. The Balaban J connectivity index is 1.71. The first-order valence-corrected chi connectivity index (χ1v) is 9.74. The molecular formula is C19H26Cl2N4O. The summed E-state index contributed by atoms with van der Waals surface area (Å²) in [7, 11) is 1.91.